The number of hydrogen-bond donors (Lipinski definition) is 2. The van der Waals surface area contributed by atoms with Gasteiger partial charge in [0, 0.05) is 48.1 Å². The minimum atomic E-state index is -4.72. The lowest BCUT2D eigenvalue weighted by Crippen LogP contribution is -2.49. The molecule has 1 saturated heterocycles. The molecule has 38 heavy (non-hydrogen) atoms. The molecule has 0 amide bonds. The van der Waals surface area contributed by atoms with E-state index in [1.807, 2.05) is 19.1 Å². The quantitative estimate of drug-likeness (QED) is 0.461. The van der Waals surface area contributed by atoms with Crippen LogP contribution in [0.15, 0.2) is 35.4 Å². The Morgan fingerprint density at radius 2 is 2.11 bits per heavy atom. The summed E-state index contributed by atoms with van der Waals surface area (Å²) in [6, 6.07) is 7.59. The van der Waals surface area contributed by atoms with Crippen LogP contribution in [0, 0.1) is 0 Å². The molecule has 0 aliphatic carbocycles. The summed E-state index contributed by atoms with van der Waals surface area (Å²) in [4.78, 5) is 10.9. The first kappa shape index (κ1) is 26.9. The molecule has 4 heterocycles. The lowest BCUT2D eigenvalue weighted by Gasteiger charge is -2.34. The van der Waals surface area contributed by atoms with Gasteiger partial charge < -0.3 is 20.3 Å². The van der Waals surface area contributed by atoms with E-state index in [0.717, 1.165) is 48.4 Å². The van der Waals surface area contributed by atoms with Crippen LogP contribution in [0.2, 0.25) is 0 Å². The van der Waals surface area contributed by atoms with Crippen LogP contribution in [0.25, 0.3) is 10.6 Å². The van der Waals surface area contributed by atoms with Gasteiger partial charge in [0.25, 0.3) is 0 Å². The standard InChI is InChI=1S/C25H28F3N5O3S2/c1-3-16-10-17(33-7-6-29-15(2)13-33)4-5-19(16)31-24-30-12-18(25(26,27)28)23(32-24)20-11-22-21(37-20)14-36-8-9-38(22,34)35/h4-5,10-12,15,29H,3,6-9,13-14H2,1-2H3,(H,30,31,32)/t15-/m0/s1. The van der Waals surface area contributed by atoms with Gasteiger partial charge in [0.2, 0.25) is 5.95 Å². The molecule has 1 fully saturated rings. The average molecular weight is 568 g/mol. The minimum absolute atomic E-state index is 0.00216. The largest absolute Gasteiger partial charge is 0.420 e. The topological polar surface area (TPSA) is 96.5 Å². The monoisotopic (exact) mass is 567 g/mol. The van der Waals surface area contributed by atoms with Crippen molar-refractivity contribution in [2.75, 3.05) is 42.2 Å². The van der Waals surface area contributed by atoms with Crippen LogP contribution >= 0.6 is 11.3 Å². The Labute approximate surface area is 223 Å². The van der Waals surface area contributed by atoms with E-state index < -0.39 is 21.6 Å². The van der Waals surface area contributed by atoms with E-state index in [2.05, 4.69) is 38.5 Å². The maximum absolute atomic E-state index is 13.9. The molecule has 1 aromatic carbocycles. The number of ether oxygens (including phenoxy) is 1. The van der Waals surface area contributed by atoms with E-state index in [1.54, 1.807) is 0 Å². The van der Waals surface area contributed by atoms with Crippen molar-refractivity contribution >= 4 is 38.5 Å². The van der Waals surface area contributed by atoms with Gasteiger partial charge in [-0.1, -0.05) is 6.92 Å². The van der Waals surface area contributed by atoms with Crippen LogP contribution in [0.3, 0.4) is 0 Å². The predicted octanol–water partition coefficient (Wildman–Crippen LogP) is 4.63. The fourth-order valence-corrected chi connectivity index (χ4v) is 7.49. The molecule has 0 spiro atoms. The highest BCUT2D eigenvalue weighted by Crippen LogP contribution is 2.42. The van der Waals surface area contributed by atoms with Crippen LogP contribution in [0.4, 0.5) is 30.5 Å². The Morgan fingerprint density at radius 1 is 1.29 bits per heavy atom. The summed E-state index contributed by atoms with van der Waals surface area (Å²) in [6.45, 7) is 6.87. The van der Waals surface area contributed by atoms with E-state index in [0.29, 0.717) is 23.0 Å². The second-order valence-corrected chi connectivity index (χ2v) is 12.6. The molecule has 204 valence electrons. The maximum atomic E-state index is 13.9. The van der Waals surface area contributed by atoms with Gasteiger partial charge in [-0.05, 0) is 43.2 Å². The van der Waals surface area contributed by atoms with Crippen LogP contribution in [-0.4, -0.2) is 56.4 Å². The maximum Gasteiger partial charge on any atom is 0.420 e. The number of fused-ring (bicyclic) bond motifs is 1. The minimum Gasteiger partial charge on any atom is -0.375 e. The van der Waals surface area contributed by atoms with E-state index in [1.165, 1.54) is 6.07 Å². The zero-order valence-corrected chi connectivity index (χ0v) is 22.6. The number of piperazine rings is 1. The highest BCUT2D eigenvalue weighted by atomic mass is 32.2. The number of sulfone groups is 1. The van der Waals surface area contributed by atoms with Crippen molar-refractivity contribution in [2.24, 2.45) is 0 Å². The number of halogens is 3. The Morgan fingerprint density at radius 3 is 2.84 bits per heavy atom. The molecule has 3 aromatic rings. The number of nitrogens with one attached hydrogen (secondary N) is 2. The molecule has 0 unspecified atom stereocenters. The van der Waals surface area contributed by atoms with Crippen molar-refractivity contribution in [3.05, 3.63) is 46.5 Å². The highest BCUT2D eigenvalue weighted by molar-refractivity contribution is 7.91. The number of hydrogen-bond acceptors (Lipinski definition) is 9. The zero-order valence-electron chi connectivity index (χ0n) is 20.9. The first-order chi connectivity index (χ1) is 18.0. The van der Waals surface area contributed by atoms with E-state index in [4.69, 9.17) is 4.74 Å². The first-order valence-corrected chi connectivity index (χ1v) is 14.8. The molecule has 1 atom stereocenters. The summed E-state index contributed by atoms with van der Waals surface area (Å²) in [5, 5.41) is 6.50. The van der Waals surface area contributed by atoms with Crippen molar-refractivity contribution in [3.63, 3.8) is 0 Å². The highest BCUT2D eigenvalue weighted by Gasteiger charge is 2.37. The number of alkyl halides is 3. The van der Waals surface area contributed by atoms with Gasteiger partial charge in [-0.25, -0.2) is 18.4 Å². The third kappa shape index (κ3) is 5.51. The van der Waals surface area contributed by atoms with Crippen LogP contribution in [0.5, 0.6) is 0 Å². The molecule has 8 nitrogen and oxygen atoms in total. The molecule has 5 rings (SSSR count). The molecule has 2 aliphatic rings. The van der Waals surface area contributed by atoms with Crippen molar-refractivity contribution in [1.82, 2.24) is 15.3 Å². The van der Waals surface area contributed by atoms with E-state index in [9.17, 15) is 21.6 Å². The van der Waals surface area contributed by atoms with Gasteiger partial charge in [-0.3, -0.25) is 0 Å². The molecule has 2 aromatic heterocycles. The summed E-state index contributed by atoms with van der Waals surface area (Å²) in [5.41, 5.74) is 1.36. The molecule has 0 bridgehead atoms. The average Bonchev–Trinajstić information content (AvgIpc) is 3.26. The van der Waals surface area contributed by atoms with Gasteiger partial charge in [-0.15, -0.1) is 11.3 Å². The van der Waals surface area contributed by atoms with Crippen LogP contribution in [-0.2, 0) is 33.8 Å². The summed E-state index contributed by atoms with van der Waals surface area (Å²) < 4.78 is 72.3. The number of anilines is 3. The fourth-order valence-electron chi connectivity index (χ4n) is 4.65. The molecule has 2 N–H and O–H groups in total. The SMILES string of the molecule is CCc1cc(N2CCN[C@@H](C)C2)ccc1Nc1ncc(C(F)(F)F)c(-c2cc3c(s2)COCCS3(=O)=O)n1. The van der Waals surface area contributed by atoms with Crippen LogP contribution < -0.4 is 15.5 Å². The Kier molecular flexibility index (Phi) is 7.37. The van der Waals surface area contributed by atoms with Crippen molar-refractivity contribution < 1.29 is 26.3 Å². The molecule has 2 aliphatic heterocycles. The van der Waals surface area contributed by atoms with Gasteiger partial charge in [0.15, 0.2) is 9.84 Å². The van der Waals surface area contributed by atoms with Crippen molar-refractivity contribution in [3.8, 4) is 10.6 Å². The first-order valence-electron chi connectivity index (χ1n) is 12.3. The van der Waals surface area contributed by atoms with E-state index in [-0.39, 0.29) is 40.4 Å². The predicted molar refractivity (Wildman–Crippen MR) is 141 cm³/mol. The summed E-state index contributed by atoms with van der Waals surface area (Å²) in [6.07, 6.45) is -3.29. The van der Waals surface area contributed by atoms with Gasteiger partial charge in [0.1, 0.15) is 5.56 Å². The summed E-state index contributed by atoms with van der Waals surface area (Å²) >= 11 is 0.942. The second-order valence-electron chi connectivity index (χ2n) is 9.34. The Bertz CT molecular complexity index is 1440. The third-order valence-corrected chi connectivity index (χ3v) is 9.60. The zero-order chi connectivity index (χ0) is 27.1. The van der Waals surface area contributed by atoms with E-state index >= 15 is 0 Å². The smallest absolute Gasteiger partial charge is 0.375 e. The lowest BCUT2D eigenvalue weighted by molar-refractivity contribution is -0.137. The molecule has 13 heteroatoms. The third-order valence-electron chi connectivity index (χ3n) is 6.61. The van der Waals surface area contributed by atoms with Crippen LogP contribution in [0.1, 0.15) is 29.9 Å². The number of benzene rings is 1. The van der Waals surface area contributed by atoms with Gasteiger partial charge >= 0.3 is 6.18 Å². The molecule has 0 radical (unpaired) electrons. The van der Waals surface area contributed by atoms with Crippen molar-refractivity contribution in [1.29, 1.82) is 0 Å². The number of rotatable bonds is 5. The number of nitrogens with zero attached hydrogens (tertiary/aromatic N) is 3. The fraction of sp³-hybridized carbons (Fsp3) is 0.440. The number of aromatic nitrogens is 2. The Balaban J connectivity index is 1.50. The van der Waals surface area contributed by atoms with Crippen molar-refractivity contribution in [2.45, 2.75) is 44.0 Å². The normalized spacial score (nSPS) is 19.6. The molecule has 0 saturated carbocycles. The molecular formula is C25H28F3N5O3S2. The summed E-state index contributed by atoms with van der Waals surface area (Å²) in [5.74, 6) is -0.226. The number of aryl methyl sites for hydroxylation is 1. The van der Waals surface area contributed by atoms with Gasteiger partial charge in [0.05, 0.1) is 34.4 Å². The number of thiophene rings is 1. The van der Waals surface area contributed by atoms with Gasteiger partial charge in [-0.2, -0.15) is 13.2 Å². The molecular weight excluding hydrogens is 539 g/mol. The summed E-state index contributed by atoms with van der Waals surface area (Å²) in [7, 11) is -3.66. The Hall–Kier alpha value is -2.74. The second kappa shape index (κ2) is 10.4. The lowest BCUT2D eigenvalue weighted by atomic mass is 10.1.